The normalized spacial score (nSPS) is 16.7. The first-order valence-corrected chi connectivity index (χ1v) is 11.2. The van der Waals surface area contributed by atoms with E-state index in [-0.39, 0.29) is 22.7 Å². The number of nitrogens with zero attached hydrogens (tertiary/aromatic N) is 1. The van der Waals surface area contributed by atoms with Gasteiger partial charge >= 0.3 is 6.18 Å². The number of Topliss-reactive ketones (excluding diaryl/α,β-unsaturated/α-hetero) is 1. The fourth-order valence-corrected chi connectivity index (χ4v) is 4.34. The van der Waals surface area contributed by atoms with E-state index in [1.807, 2.05) is 0 Å². The Kier molecular flexibility index (Phi) is 6.91. The summed E-state index contributed by atoms with van der Waals surface area (Å²) in [7, 11) is 0. The molecular formula is C27H23F4NO3. The highest BCUT2D eigenvalue weighted by Gasteiger charge is 2.38. The molecule has 0 aliphatic carbocycles. The Morgan fingerprint density at radius 2 is 1.63 bits per heavy atom. The van der Waals surface area contributed by atoms with E-state index in [2.05, 4.69) is 0 Å². The molecular weight excluding hydrogens is 462 g/mol. The zero-order chi connectivity index (χ0) is 25.2. The summed E-state index contributed by atoms with van der Waals surface area (Å²) in [6.07, 6.45) is -4.69. The van der Waals surface area contributed by atoms with Crippen LogP contribution >= 0.6 is 0 Å². The van der Waals surface area contributed by atoms with Crippen molar-refractivity contribution in [2.24, 2.45) is 0 Å². The average Bonchev–Trinajstić information content (AvgIpc) is 3.32. The third-order valence-corrected chi connectivity index (χ3v) is 6.08. The van der Waals surface area contributed by atoms with Crippen LogP contribution < -0.4 is 4.74 Å². The van der Waals surface area contributed by atoms with Gasteiger partial charge in [0, 0.05) is 17.7 Å². The van der Waals surface area contributed by atoms with Gasteiger partial charge in [0.2, 0.25) is 6.10 Å². The minimum atomic E-state index is -4.54. The maximum atomic E-state index is 14.5. The van der Waals surface area contributed by atoms with Gasteiger partial charge in [-0.3, -0.25) is 9.59 Å². The molecule has 4 rings (SSSR count). The number of rotatable bonds is 6. The number of hydrogen-bond acceptors (Lipinski definition) is 3. The molecule has 35 heavy (non-hydrogen) atoms. The highest BCUT2D eigenvalue weighted by molar-refractivity contribution is 5.97. The quantitative estimate of drug-likeness (QED) is 0.295. The molecule has 8 heteroatoms. The minimum absolute atomic E-state index is 0.139. The van der Waals surface area contributed by atoms with E-state index in [0.29, 0.717) is 24.9 Å². The first-order valence-electron chi connectivity index (χ1n) is 11.2. The second kappa shape index (κ2) is 9.90. The number of amides is 1. The van der Waals surface area contributed by atoms with E-state index in [0.717, 1.165) is 12.1 Å². The maximum Gasteiger partial charge on any atom is 0.416 e. The van der Waals surface area contributed by atoms with Crippen molar-refractivity contribution in [2.45, 2.75) is 38.1 Å². The lowest BCUT2D eigenvalue weighted by atomic mass is 10.0. The highest BCUT2D eigenvalue weighted by atomic mass is 19.4. The fourth-order valence-electron chi connectivity index (χ4n) is 4.34. The van der Waals surface area contributed by atoms with Gasteiger partial charge in [-0.15, -0.1) is 0 Å². The number of likely N-dealkylation sites (tertiary alicyclic amines) is 1. The third kappa shape index (κ3) is 5.21. The van der Waals surface area contributed by atoms with E-state index >= 15 is 0 Å². The molecule has 0 radical (unpaired) electrons. The summed E-state index contributed by atoms with van der Waals surface area (Å²) in [5.74, 6) is -1.11. The largest absolute Gasteiger partial charge is 0.475 e. The van der Waals surface area contributed by atoms with Gasteiger partial charge in [-0.25, -0.2) is 4.39 Å². The monoisotopic (exact) mass is 485 g/mol. The summed E-state index contributed by atoms with van der Waals surface area (Å²) in [5, 5.41) is 0. The Balaban J connectivity index is 1.73. The van der Waals surface area contributed by atoms with Crippen LogP contribution in [0, 0.1) is 5.82 Å². The summed E-state index contributed by atoms with van der Waals surface area (Å²) >= 11 is 0. The lowest BCUT2D eigenvalue weighted by Gasteiger charge is -2.30. The van der Waals surface area contributed by atoms with Crippen LogP contribution in [0.1, 0.15) is 59.0 Å². The van der Waals surface area contributed by atoms with Crippen molar-refractivity contribution in [1.82, 2.24) is 4.90 Å². The second-order valence-electron chi connectivity index (χ2n) is 8.38. The molecule has 3 aromatic rings. The Morgan fingerprint density at radius 1 is 0.971 bits per heavy atom. The van der Waals surface area contributed by atoms with Crippen LogP contribution in [0.5, 0.6) is 5.75 Å². The topological polar surface area (TPSA) is 46.6 Å². The molecule has 1 aliphatic heterocycles. The predicted molar refractivity (Wildman–Crippen MR) is 121 cm³/mol. The van der Waals surface area contributed by atoms with Gasteiger partial charge in [-0.2, -0.15) is 13.2 Å². The molecule has 1 saturated heterocycles. The van der Waals surface area contributed by atoms with Crippen LogP contribution in [0.3, 0.4) is 0 Å². The molecule has 1 amide bonds. The molecule has 0 N–H and O–H groups in total. The second-order valence-corrected chi connectivity index (χ2v) is 8.38. The van der Waals surface area contributed by atoms with Gasteiger partial charge in [0.1, 0.15) is 11.6 Å². The van der Waals surface area contributed by atoms with Crippen LogP contribution in [0.4, 0.5) is 17.6 Å². The van der Waals surface area contributed by atoms with Crippen LogP contribution in [0.2, 0.25) is 0 Å². The van der Waals surface area contributed by atoms with Gasteiger partial charge in [0.15, 0.2) is 5.78 Å². The molecule has 0 spiro atoms. The number of alkyl halides is 3. The van der Waals surface area contributed by atoms with Gasteiger partial charge in [0.05, 0.1) is 17.2 Å². The van der Waals surface area contributed by atoms with E-state index in [4.69, 9.17) is 4.74 Å². The molecule has 2 unspecified atom stereocenters. The summed E-state index contributed by atoms with van der Waals surface area (Å²) in [6, 6.07) is 16.2. The lowest BCUT2D eigenvalue weighted by Crippen LogP contribution is -2.37. The van der Waals surface area contributed by atoms with Crippen molar-refractivity contribution < 1.29 is 31.9 Å². The highest BCUT2D eigenvalue weighted by Crippen LogP contribution is 2.38. The molecule has 4 nitrogen and oxygen atoms in total. The Labute approximate surface area is 200 Å². The molecule has 0 bridgehead atoms. The zero-order valence-corrected chi connectivity index (χ0v) is 18.9. The number of halogens is 4. The molecule has 1 heterocycles. The Hall–Kier alpha value is -3.68. The third-order valence-electron chi connectivity index (χ3n) is 6.08. The standard InChI is InChI=1S/C27H23F4NO3/c1-17(33)20-7-3-5-11-24(20)35-25(18-12-14-19(15-13-18)27(29,30)31)26(34)32-16-6-10-23(32)21-8-2-4-9-22(21)28/h2-5,7-9,11-15,23,25H,6,10,16H2,1H3. The van der Waals surface area contributed by atoms with Crippen LogP contribution in [0.25, 0.3) is 0 Å². The number of hydrogen-bond donors (Lipinski definition) is 0. The van der Waals surface area contributed by atoms with Crippen molar-refractivity contribution in [1.29, 1.82) is 0 Å². The van der Waals surface area contributed by atoms with Crippen molar-refractivity contribution in [3.63, 3.8) is 0 Å². The molecule has 182 valence electrons. The number of ketones is 1. The molecule has 0 aromatic heterocycles. The summed E-state index contributed by atoms with van der Waals surface area (Å²) in [5.41, 5.74) is -0.0551. The van der Waals surface area contributed by atoms with E-state index in [9.17, 15) is 27.2 Å². The smallest absolute Gasteiger partial charge is 0.416 e. The van der Waals surface area contributed by atoms with Gasteiger partial charge in [-0.1, -0.05) is 42.5 Å². The Morgan fingerprint density at radius 3 is 2.29 bits per heavy atom. The zero-order valence-electron chi connectivity index (χ0n) is 18.9. The SMILES string of the molecule is CC(=O)c1ccccc1OC(C(=O)N1CCCC1c1ccccc1F)c1ccc(C(F)(F)F)cc1. The number of carbonyl (C=O) groups excluding carboxylic acids is 2. The first-order chi connectivity index (χ1) is 16.7. The van der Waals surface area contributed by atoms with Crippen molar-refractivity contribution in [3.8, 4) is 5.75 Å². The number of carbonyl (C=O) groups is 2. The first kappa shape index (κ1) is 24.4. The number of para-hydroxylation sites is 1. The maximum absolute atomic E-state index is 14.5. The fraction of sp³-hybridized carbons (Fsp3) is 0.259. The van der Waals surface area contributed by atoms with E-state index < -0.39 is 35.6 Å². The molecule has 2 atom stereocenters. The molecule has 0 saturated carbocycles. The van der Waals surface area contributed by atoms with Crippen molar-refractivity contribution in [2.75, 3.05) is 6.54 Å². The molecule has 1 fully saturated rings. The van der Waals surface area contributed by atoms with Crippen LogP contribution in [0.15, 0.2) is 72.8 Å². The minimum Gasteiger partial charge on any atom is -0.475 e. The van der Waals surface area contributed by atoms with Crippen molar-refractivity contribution in [3.05, 3.63) is 101 Å². The summed E-state index contributed by atoms with van der Waals surface area (Å²) < 4.78 is 59.9. The molecule has 1 aliphatic rings. The van der Waals surface area contributed by atoms with Gasteiger partial charge in [0.25, 0.3) is 5.91 Å². The van der Waals surface area contributed by atoms with Gasteiger partial charge < -0.3 is 9.64 Å². The number of benzene rings is 3. The van der Waals surface area contributed by atoms with E-state index in [1.165, 1.54) is 36.1 Å². The van der Waals surface area contributed by atoms with E-state index in [1.54, 1.807) is 36.4 Å². The number of ether oxygens (including phenoxy) is 1. The molecule has 3 aromatic carbocycles. The van der Waals surface area contributed by atoms with Crippen molar-refractivity contribution >= 4 is 11.7 Å². The Bertz CT molecular complexity index is 1220. The van der Waals surface area contributed by atoms with Gasteiger partial charge in [-0.05, 0) is 50.1 Å². The average molecular weight is 485 g/mol. The van der Waals surface area contributed by atoms with Crippen LogP contribution in [-0.2, 0) is 11.0 Å². The van der Waals surface area contributed by atoms with Crippen LogP contribution in [-0.4, -0.2) is 23.1 Å². The summed E-state index contributed by atoms with van der Waals surface area (Å²) in [4.78, 5) is 27.4. The predicted octanol–water partition coefficient (Wildman–Crippen LogP) is 6.53. The summed E-state index contributed by atoms with van der Waals surface area (Å²) in [6.45, 7) is 1.69. The lowest BCUT2D eigenvalue weighted by molar-refractivity contribution is -0.140.